The van der Waals surface area contributed by atoms with Crippen LogP contribution in [0.15, 0.2) is 36.9 Å². The van der Waals surface area contributed by atoms with Crippen molar-refractivity contribution in [2.24, 2.45) is 5.92 Å². The van der Waals surface area contributed by atoms with Crippen molar-refractivity contribution < 1.29 is 18.4 Å². The highest BCUT2D eigenvalue weighted by Crippen LogP contribution is 2.70. The van der Waals surface area contributed by atoms with Crippen LogP contribution in [-0.4, -0.2) is 31.8 Å². The normalized spacial score (nSPS) is 27.6. The van der Waals surface area contributed by atoms with E-state index >= 15 is 0 Å². The molecule has 2 heterocycles. The number of nitrogens with zero attached hydrogens (tertiary/aromatic N) is 1. The average Bonchev–Trinajstić information content (AvgIpc) is 3.03. The van der Waals surface area contributed by atoms with Gasteiger partial charge in [0.1, 0.15) is 0 Å². The highest BCUT2D eigenvalue weighted by molar-refractivity contribution is 7.57. The van der Waals surface area contributed by atoms with E-state index in [1.165, 1.54) is 14.2 Å². The Balaban J connectivity index is 2.30. The lowest BCUT2D eigenvalue weighted by Crippen LogP contribution is -2.50. The number of anilines is 1. The smallest absolute Gasteiger partial charge is 0.347 e. The molecule has 0 saturated carbocycles. The first-order chi connectivity index (χ1) is 10.1. The summed E-state index contributed by atoms with van der Waals surface area (Å²) < 4.78 is 23.7. The van der Waals surface area contributed by atoms with Crippen LogP contribution >= 0.6 is 7.60 Å². The van der Waals surface area contributed by atoms with E-state index in [1.54, 1.807) is 18.2 Å². The molecule has 0 N–H and O–H groups in total. The fraction of sp³-hybridized carbons (Fsp3) is 0.400. The van der Waals surface area contributed by atoms with Crippen molar-refractivity contribution in [3.05, 3.63) is 42.5 Å². The maximum Gasteiger partial charge on any atom is 0.364 e. The number of hydrogen-bond donors (Lipinski definition) is 0. The molecule has 1 fully saturated rings. The number of carbonyl (C=O) groups excluding carboxylic acids is 1. The van der Waals surface area contributed by atoms with E-state index in [4.69, 9.17) is 9.05 Å². The van der Waals surface area contributed by atoms with E-state index < -0.39 is 12.9 Å². The van der Waals surface area contributed by atoms with Crippen LogP contribution in [0.3, 0.4) is 0 Å². The van der Waals surface area contributed by atoms with E-state index in [0.717, 1.165) is 5.69 Å². The Morgan fingerprint density at radius 3 is 2.67 bits per heavy atom. The van der Waals surface area contributed by atoms with Gasteiger partial charge in [0.05, 0.1) is 0 Å². The Morgan fingerprint density at radius 2 is 2.05 bits per heavy atom. The number of rotatable bonds is 4. The quantitative estimate of drug-likeness (QED) is 0.632. The Morgan fingerprint density at radius 1 is 1.38 bits per heavy atom. The van der Waals surface area contributed by atoms with Gasteiger partial charge in [0.2, 0.25) is 11.1 Å². The Labute approximate surface area is 124 Å². The predicted molar refractivity (Wildman–Crippen MR) is 80.8 cm³/mol. The standard InChI is InChI=1S/C15H18NO4P/c1-4-11-9-10-16-13-8-6-5-7-12(13)14(17)15(11,16)21(18,19-2)20-3/h4-8,11H,1,9-10H2,2-3H3. The molecule has 0 bridgehead atoms. The van der Waals surface area contributed by atoms with Crippen molar-refractivity contribution in [3.8, 4) is 0 Å². The molecule has 112 valence electrons. The second-order valence-corrected chi connectivity index (χ2v) is 7.62. The molecule has 6 heteroatoms. The molecule has 2 aliphatic rings. The summed E-state index contributed by atoms with van der Waals surface area (Å²) in [5.41, 5.74) is 1.36. The number of benzene rings is 1. The molecule has 2 unspecified atom stereocenters. The molecular weight excluding hydrogens is 289 g/mol. The first-order valence-corrected chi connectivity index (χ1v) is 8.36. The molecule has 0 aromatic heterocycles. The summed E-state index contributed by atoms with van der Waals surface area (Å²) in [6, 6.07) is 7.30. The van der Waals surface area contributed by atoms with Crippen LogP contribution in [0.2, 0.25) is 0 Å². The summed E-state index contributed by atoms with van der Waals surface area (Å²) in [6.07, 6.45) is 2.38. The highest BCUT2D eigenvalue weighted by atomic mass is 31.2. The maximum atomic E-state index is 13.2. The van der Waals surface area contributed by atoms with Gasteiger partial charge in [0, 0.05) is 37.9 Å². The highest BCUT2D eigenvalue weighted by Gasteiger charge is 2.69. The first-order valence-electron chi connectivity index (χ1n) is 6.82. The van der Waals surface area contributed by atoms with Crippen LogP contribution < -0.4 is 4.90 Å². The van der Waals surface area contributed by atoms with Gasteiger partial charge in [0.25, 0.3) is 0 Å². The Hall–Kier alpha value is -1.42. The lowest BCUT2D eigenvalue weighted by atomic mass is 9.95. The van der Waals surface area contributed by atoms with E-state index in [1.807, 2.05) is 17.0 Å². The molecule has 0 radical (unpaired) electrons. The molecule has 2 aliphatic heterocycles. The van der Waals surface area contributed by atoms with Crippen LogP contribution in [0.1, 0.15) is 16.8 Å². The van der Waals surface area contributed by atoms with Crippen molar-refractivity contribution in [3.63, 3.8) is 0 Å². The van der Waals surface area contributed by atoms with Gasteiger partial charge in [-0.05, 0) is 18.6 Å². The molecule has 1 aromatic rings. The van der Waals surface area contributed by atoms with Gasteiger partial charge in [-0.2, -0.15) is 0 Å². The van der Waals surface area contributed by atoms with Crippen LogP contribution in [0.25, 0.3) is 0 Å². The van der Waals surface area contributed by atoms with E-state index in [0.29, 0.717) is 18.5 Å². The average molecular weight is 307 g/mol. The largest absolute Gasteiger partial charge is 0.364 e. The minimum Gasteiger partial charge on any atom is -0.347 e. The summed E-state index contributed by atoms with van der Waals surface area (Å²) in [6.45, 7) is 4.44. The van der Waals surface area contributed by atoms with Gasteiger partial charge in [-0.1, -0.05) is 18.2 Å². The Bertz CT molecular complexity index is 651. The number of hydrogen-bond acceptors (Lipinski definition) is 5. The molecule has 21 heavy (non-hydrogen) atoms. The molecule has 1 saturated heterocycles. The number of para-hydroxylation sites is 1. The van der Waals surface area contributed by atoms with Crippen molar-refractivity contribution in [1.29, 1.82) is 0 Å². The third-order valence-electron chi connectivity index (χ3n) is 4.55. The van der Waals surface area contributed by atoms with Crippen LogP contribution in [0, 0.1) is 5.92 Å². The van der Waals surface area contributed by atoms with Gasteiger partial charge in [-0.3, -0.25) is 9.36 Å². The lowest BCUT2D eigenvalue weighted by Gasteiger charge is -2.39. The maximum absolute atomic E-state index is 13.2. The molecule has 5 nitrogen and oxygen atoms in total. The monoisotopic (exact) mass is 307 g/mol. The molecule has 2 atom stereocenters. The fourth-order valence-electron chi connectivity index (χ4n) is 3.64. The molecular formula is C15H18NO4P. The molecule has 0 aliphatic carbocycles. The van der Waals surface area contributed by atoms with E-state index in [-0.39, 0.29) is 11.7 Å². The zero-order valence-electron chi connectivity index (χ0n) is 12.1. The number of ketones is 1. The predicted octanol–water partition coefficient (Wildman–Crippen LogP) is 3.08. The van der Waals surface area contributed by atoms with Crippen molar-refractivity contribution >= 4 is 19.1 Å². The van der Waals surface area contributed by atoms with Crippen molar-refractivity contribution in [2.45, 2.75) is 11.7 Å². The third-order valence-corrected chi connectivity index (χ3v) is 7.12. The number of fused-ring (bicyclic) bond motifs is 3. The topological polar surface area (TPSA) is 55.8 Å². The van der Waals surface area contributed by atoms with Crippen LogP contribution in [0.4, 0.5) is 5.69 Å². The van der Waals surface area contributed by atoms with Gasteiger partial charge in [-0.25, -0.2) is 0 Å². The molecule has 3 rings (SSSR count). The number of carbonyl (C=O) groups is 1. The third kappa shape index (κ3) is 1.54. The molecule has 1 aromatic carbocycles. The summed E-state index contributed by atoms with van der Waals surface area (Å²) in [5, 5.41) is -1.32. The van der Waals surface area contributed by atoms with Gasteiger partial charge in [0.15, 0.2) is 0 Å². The summed E-state index contributed by atoms with van der Waals surface area (Å²) >= 11 is 0. The minimum atomic E-state index is -3.66. The number of Topliss-reactive ketones (excluding diaryl/α,β-unsaturated/α-hetero) is 1. The van der Waals surface area contributed by atoms with Gasteiger partial charge >= 0.3 is 7.60 Å². The summed E-state index contributed by atoms with van der Waals surface area (Å²) in [7, 11) is -1.01. The van der Waals surface area contributed by atoms with Gasteiger partial charge in [-0.15, -0.1) is 6.58 Å². The molecule has 0 spiro atoms. The zero-order valence-corrected chi connectivity index (χ0v) is 13.0. The van der Waals surface area contributed by atoms with E-state index in [2.05, 4.69) is 6.58 Å². The van der Waals surface area contributed by atoms with Crippen LogP contribution in [-0.2, 0) is 13.6 Å². The Kier molecular flexibility index (Phi) is 3.32. The zero-order chi connectivity index (χ0) is 15.3. The fourth-order valence-corrected chi connectivity index (χ4v) is 5.86. The molecule has 0 amide bonds. The van der Waals surface area contributed by atoms with Gasteiger partial charge < -0.3 is 13.9 Å². The van der Waals surface area contributed by atoms with E-state index in [9.17, 15) is 9.36 Å². The lowest BCUT2D eigenvalue weighted by molar-refractivity contribution is 0.0913. The van der Waals surface area contributed by atoms with Crippen molar-refractivity contribution in [1.82, 2.24) is 0 Å². The first kappa shape index (κ1) is 14.5. The van der Waals surface area contributed by atoms with Crippen LogP contribution in [0.5, 0.6) is 0 Å². The van der Waals surface area contributed by atoms with Crippen molar-refractivity contribution in [2.75, 3.05) is 25.7 Å². The summed E-state index contributed by atoms with van der Waals surface area (Å²) in [5.74, 6) is -0.476. The minimum absolute atomic E-state index is 0.201. The SMILES string of the molecule is C=CC1CCN2c3ccccc3C(=O)C12P(=O)(OC)OC. The second kappa shape index (κ2) is 4.80. The summed E-state index contributed by atoms with van der Waals surface area (Å²) in [4.78, 5) is 15.0. The second-order valence-electron chi connectivity index (χ2n) is 5.22.